The van der Waals surface area contributed by atoms with Crippen molar-refractivity contribution >= 4 is 11.9 Å². The number of rotatable bonds is 5. The van der Waals surface area contributed by atoms with Crippen LogP contribution in [0.25, 0.3) is 11.3 Å². The number of carbonyl (C=O) groups excluding carboxylic acids is 1. The molecule has 0 unspecified atom stereocenters. The molecular formula is C21H27F3N6O. The van der Waals surface area contributed by atoms with E-state index >= 15 is 0 Å². The van der Waals surface area contributed by atoms with Crippen LogP contribution >= 0.6 is 0 Å². The van der Waals surface area contributed by atoms with Gasteiger partial charge in [-0.2, -0.15) is 13.2 Å². The number of carbonyl (C=O) groups is 1. The second kappa shape index (κ2) is 9.25. The Kier molecular flexibility index (Phi) is 6.45. The average molecular weight is 436 g/mol. The van der Waals surface area contributed by atoms with Gasteiger partial charge in [-0.15, -0.1) is 0 Å². The zero-order chi connectivity index (χ0) is 21.8. The number of nitrogens with one attached hydrogen (secondary N) is 4. The molecule has 1 amide bonds. The van der Waals surface area contributed by atoms with Crippen LogP contribution in [0.4, 0.5) is 19.1 Å². The van der Waals surface area contributed by atoms with Gasteiger partial charge in [0.05, 0.1) is 5.69 Å². The number of amides is 1. The lowest BCUT2D eigenvalue weighted by Crippen LogP contribution is -2.38. The lowest BCUT2D eigenvalue weighted by atomic mass is 9.95. The van der Waals surface area contributed by atoms with Gasteiger partial charge in [-0.3, -0.25) is 4.79 Å². The van der Waals surface area contributed by atoms with Crippen molar-refractivity contribution in [2.75, 3.05) is 18.4 Å². The number of piperidine rings is 1. The smallest absolute Gasteiger partial charge is 0.357 e. The monoisotopic (exact) mass is 436 g/mol. The first-order valence-corrected chi connectivity index (χ1v) is 10.8. The third-order valence-electron chi connectivity index (χ3n) is 5.87. The third-order valence-corrected chi connectivity index (χ3v) is 5.87. The Morgan fingerprint density at radius 2 is 1.87 bits per heavy atom. The van der Waals surface area contributed by atoms with Crippen LogP contribution in [0.15, 0.2) is 18.5 Å². The van der Waals surface area contributed by atoms with Crippen molar-refractivity contribution in [3.05, 3.63) is 29.7 Å². The molecule has 10 heteroatoms. The van der Waals surface area contributed by atoms with Crippen LogP contribution in [0.1, 0.15) is 61.0 Å². The summed E-state index contributed by atoms with van der Waals surface area (Å²) in [6.45, 7) is 1.63. The molecule has 2 aromatic heterocycles. The topological polar surface area (TPSA) is 94.7 Å². The van der Waals surface area contributed by atoms with Crippen LogP contribution < -0.4 is 16.0 Å². The number of anilines is 1. The van der Waals surface area contributed by atoms with Gasteiger partial charge in [-0.05, 0) is 38.3 Å². The number of alkyl halides is 3. The first-order chi connectivity index (χ1) is 14.9. The van der Waals surface area contributed by atoms with Crippen molar-refractivity contribution in [1.82, 2.24) is 25.6 Å². The van der Waals surface area contributed by atoms with Gasteiger partial charge in [0.15, 0.2) is 0 Å². The Bertz CT molecular complexity index is 901. The van der Waals surface area contributed by atoms with Crippen molar-refractivity contribution in [2.24, 2.45) is 0 Å². The molecule has 1 aliphatic heterocycles. The number of hydrogen-bond donors (Lipinski definition) is 4. The molecule has 4 N–H and O–H groups in total. The fourth-order valence-electron chi connectivity index (χ4n) is 4.21. The number of halogens is 3. The first-order valence-electron chi connectivity index (χ1n) is 10.8. The van der Waals surface area contributed by atoms with E-state index in [0.717, 1.165) is 51.3 Å². The van der Waals surface area contributed by atoms with Crippen molar-refractivity contribution in [2.45, 2.75) is 63.2 Å². The summed E-state index contributed by atoms with van der Waals surface area (Å²) in [6.07, 6.45) is 4.61. The van der Waals surface area contributed by atoms with E-state index in [9.17, 15) is 18.0 Å². The quantitative estimate of drug-likeness (QED) is 0.573. The summed E-state index contributed by atoms with van der Waals surface area (Å²) < 4.78 is 40.8. The fourth-order valence-corrected chi connectivity index (χ4v) is 4.21. The fraction of sp³-hybridized carbons (Fsp3) is 0.571. The maximum absolute atomic E-state index is 13.6. The maximum Gasteiger partial charge on any atom is 0.419 e. The second-order valence-electron chi connectivity index (χ2n) is 8.25. The van der Waals surface area contributed by atoms with Crippen molar-refractivity contribution in [3.63, 3.8) is 0 Å². The van der Waals surface area contributed by atoms with Crippen LogP contribution in [-0.4, -0.2) is 46.0 Å². The van der Waals surface area contributed by atoms with Crippen molar-refractivity contribution < 1.29 is 18.0 Å². The molecule has 168 valence electrons. The Balaban J connectivity index is 1.56. The van der Waals surface area contributed by atoms with Crippen molar-refractivity contribution in [1.29, 1.82) is 0 Å². The highest BCUT2D eigenvalue weighted by molar-refractivity contribution is 5.94. The van der Waals surface area contributed by atoms with Crippen LogP contribution in [-0.2, 0) is 6.18 Å². The van der Waals surface area contributed by atoms with E-state index < -0.39 is 11.7 Å². The number of H-pyrrole nitrogens is 1. The van der Waals surface area contributed by atoms with E-state index in [2.05, 4.69) is 30.9 Å². The van der Waals surface area contributed by atoms with Gasteiger partial charge < -0.3 is 20.9 Å². The van der Waals surface area contributed by atoms with Crippen LogP contribution in [0.5, 0.6) is 0 Å². The maximum atomic E-state index is 13.6. The number of aromatic nitrogens is 3. The summed E-state index contributed by atoms with van der Waals surface area (Å²) in [4.78, 5) is 23.4. The van der Waals surface area contributed by atoms with E-state index in [4.69, 9.17) is 0 Å². The lowest BCUT2D eigenvalue weighted by Gasteiger charge is -2.24. The van der Waals surface area contributed by atoms with Gasteiger partial charge in [-0.1, -0.05) is 19.3 Å². The van der Waals surface area contributed by atoms with E-state index in [1.54, 1.807) is 0 Å². The van der Waals surface area contributed by atoms with Gasteiger partial charge in [0, 0.05) is 36.6 Å². The van der Waals surface area contributed by atoms with E-state index in [-0.39, 0.29) is 40.9 Å². The molecule has 0 radical (unpaired) electrons. The zero-order valence-electron chi connectivity index (χ0n) is 17.2. The molecule has 2 fully saturated rings. The zero-order valence-corrected chi connectivity index (χ0v) is 17.2. The van der Waals surface area contributed by atoms with Gasteiger partial charge in [-0.25, -0.2) is 9.97 Å². The summed E-state index contributed by atoms with van der Waals surface area (Å²) in [6, 6.07) is 1.58. The Morgan fingerprint density at radius 1 is 1.10 bits per heavy atom. The summed E-state index contributed by atoms with van der Waals surface area (Å²) >= 11 is 0. The van der Waals surface area contributed by atoms with Gasteiger partial charge in [0.25, 0.3) is 5.91 Å². The minimum atomic E-state index is -4.61. The molecular weight excluding hydrogens is 409 g/mol. The van der Waals surface area contributed by atoms with Gasteiger partial charge in [0.1, 0.15) is 11.3 Å². The largest absolute Gasteiger partial charge is 0.419 e. The molecule has 0 aromatic carbocycles. The van der Waals surface area contributed by atoms with Gasteiger partial charge >= 0.3 is 6.18 Å². The standard InChI is InChI=1S/C21H27F3N6O/c22-21(23,24)16-12-27-20(29-15-7-4-8-25-11-15)30-18(16)13-9-17(26-10-13)19(31)28-14-5-2-1-3-6-14/h9-10,12,14-15,25-26H,1-8,11H2,(H,28,31)(H,27,29,30)/t15-/m0/s1. The highest BCUT2D eigenvalue weighted by Crippen LogP contribution is 2.36. The molecule has 1 saturated heterocycles. The predicted molar refractivity (Wildman–Crippen MR) is 111 cm³/mol. The number of aromatic amines is 1. The predicted octanol–water partition coefficient (Wildman–Crippen LogP) is 3.72. The molecule has 3 heterocycles. The Morgan fingerprint density at radius 3 is 2.58 bits per heavy atom. The normalized spacial score (nSPS) is 20.4. The highest BCUT2D eigenvalue weighted by Gasteiger charge is 2.36. The number of hydrogen-bond acceptors (Lipinski definition) is 5. The second-order valence-corrected chi connectivity index (χ2v) is 8.25. The van der Waals surface area contributed by atoms with Crippen molar-refractivity contribution in [3.8, 4) is 11.3 Å². The lowest BCUT2D eigenvalue weighted by molar-refractivity contribution is -0.137. The molecule has 0 bridgehead atoms. The van der Waals surface area contributed by atoms with Gasteiger partial charge in [0.2, 0.25) is 5.95 Å². The molecule has 4 rings (SSSR count). The molecule has 1 aliphatic carbocycles. The number of nitrogens with zero attached hydrogens (tertiary/aromatic N) is 2. The van der Waals surface area contributed by atoms with Crippen LogP contribution in [0.3, 0.4) is 0 Å². The molecule has 7 nitrogen and oxygen atoms in total. The first kappa shape index (κ1) is 21.6. The summed E-state index contributed by atoms with van der Waals surface area (Å²) in [5.41, 5.74) is -0.758. The molecule has 2 aromatic rings. The van der Waals surface area contributed by atoms with Crippen LogP contribution in [0, 0.1) is 0 Å². The SMILES string of the molecule is O=C(NC1CCCCC1)c1cc(-c2nc(N[C@H]3CCCNC3)ncc2C(F)(F)F)c[nH]1. The highest BCUT2D eigenvalue weighted by atomic mass is 19.4. The molecule has 1 atom stereocenters. The van der Waals surface area contributed by atoms with E-state index in [0.29, 0.717) is 6.54 Å². The average Bonchev–Trinajstić information content (AvgIpc) is 3.25. The molecule has 1 saturated carbocycles. The Labute approximate surface area is 178 Å². The summed E-state index contributed by atoms with van der Waals surface area (Å²) in [5, 5.41) is 9.32. The molecule has 2 aliphatic rings. The van der Waals surface area contributed by atoms with Crippen LogP contribution in [0.2, 0.25) is 0 Å². The summed E-state index contributed by atoms with van der Waals surface area (Å²) in [7, 11) is 0. The molecule has 31 heavy (non-hydrogen) atoms. The summed E-state index contributed by atoms with van der Waals surface area (Å²) in [5.74, 6) is -0.168. The van der Waals surface area contributed by atoms with E-state index in [1.807, 2.05) is 0 Å². The minimum Gasteiger partial charge on any atom is -0.357 e. The minimum absolute atomic E-state index is 0.0568. The molecule has 0 spiro atoms. The Hall–Kier alpha value is -2.62. The third kappa shape index (κ3) is 5.36. The van der Waals surface area contributed by atoms with E-state index in [1.165, 1.54) is 18.7 Å².